The molecule has 2 aromatic carbocycles. The largest absolute Gasteiger partial charge is 0.464 e. The van der Waals surface area contributed by atoms with Crippen LogP contribution >= 0.6 is 11.5 Å². The summed E-state index contributed by atoms with van der Waals surface area (Å²) in [6, 6.07) is 16.8. The Bertz CT molecular complexity index is 1320. The van der Waals surface area contributed by atoms with Crippen LogP contribution < -0.4 is 10.2 Å². The summed E-state index contributed by atoms with van der Waals surface area (Å²) in [7, 11) is 0. The van der Waals surface area contributed by atoms with Crippen LogP contribution in [0.4, 0.5) is 5.82 Å². The molecule has 0 spiro atoms. The number of para-hydroxylation sites is 1. The first-order chi connectivity index (χ1) is 17.7. The summed E-state index contributed by atoms with van der Waals surface area (Å²) in [5.41, 5.74) is 1.82. The standard InChI is InChI=1S/C29H34N4O2S/c34-28(19-22-20-35-26-7-3-1-5-24(22)26)30-23-11-9-21(10-12-23)13-14-32-15-17-33(18-16-32)29-25-6-2-4-8-27(25)36-31-29/h1-8,20-21,23H,9-19H2,(H,30,34)/t21-,23-. The van der Waals surface area contributed by atoms with Crippen molar-refractivity contribution in [3.63, 3.8) is 0 Å². The van der Waals surface area contributed by atoms with E-state index in [1.165, 1.54) is 35.9 Å². The molecule has 0 bridgehead atoms. The number of aromatic nitrogens is 1. The molecule has 1 saturated carbocycles. The minimum Gasteiger partial charge on any atom is -0.464 e. The van der Waals surface area contributed by atoms with Crippen LogP contribution in [0.2, 0.25) is 0 Å². The minimum absolute atomic E-state index is 0.107. The van der Waals surface area contributed by atoms with Crippen molar-refractivity contribution in [1.82, 2.24) is 14.6 Å². The van der Waals surface area contributed by atoms with E-state index in [0.717, 1.165) is 67.3 Å². The molecule has 0 radical (unpaired) electrons. The van der Waals surface area contributed by atoms with Gasteiger partial charge in [-0.25, -0.2) is 0 Å². The topological polar surface area (TPSA) is 61.6 Å². The van der Waals surface area contributed by atoms with Crippen molar-refractivity contribution in [2.24, 2.45) is 5.92 Å². The number of furan rings is 1. The van der Waals surface area contributed by atoms with Gasteiger partial charge in [0.2, 0.25) is 5.91 Å². The zero-order valence-electron chi connectivity index (χ0n) is 20.7. The van der Waals surface area contributed by atoms with E-state index in [4.69, 9.17) is 8.79 Å². The van der Waals surface area contributed by atoms with E-state index in [1.54, 1.807) is 17.8 Å². The number of carbonyl (C=O) groups excluding carboxylic acids is 1. The molecule has 6 nitrogen and oxygen atoms in total. The van der Waals surface area contributed by atoms with E-state index in [-0.39, 0.29) is 5.91 Å². The number of nitrogens with one attached hydrogen (secondary N) is 1. The van der Waals surface area contributed by atoms with Crippen LogP contribution in [0, 0.1) is 5.92 Å². The van der Waals surface area contributed by atoms with Gasteiger partial charge in [0.15, 0.2) is 0 Å². The predicted octanol–water partition coefficient (Wildman–Crippen LogP) is 5.47. The van der Waals surface area contributed by atoms with Crippen molar-refractivity contribution in [3.05, 3.63) is 60.4 Å². The summed E-state index contributed by atoms with van der Waals surface area (Å²) >= 11 is 1.61. The van der Waals surface area contributed by atoms with Crippen LogP contribution in [-0.2, 0) is 11.2 Å². The van der Waals surface area contributed by atoms with E-state index in [1.807, 2.05) is 24.3 Å². The van der Waals surface area contributed by atoms with Crippen LogP contribution in [0.1, 0.15) is 37.7 Å². The van der Waals surface area contributed by atoms with Crippen molar-refractivity contribution >= 4 is 44.3 Å². The first kappa shape index (κ1) is 23.5. The highest BCUT2D eigenvalue weighted by Gasteiger charge is 2.25. The zero-order chi connectivity index (χ0) is 24.3. The molecule has 0 unspecified atom stereocenters. The number of nitrogens with zero attached hydrogens (tertiary/aromatic N) is 3. The molecule has 1 N–H and O–H groups in total. The molecular formula is C29H34N4O2S. The normalized spacial score (nSPS) is 21.3. The molecule has 7 heteroatoms. The van der Waals surface area contributed by atoms with Crippen molar-refractivity contribution < 1.29 is 9.21 Å². The average molecular weight is 503 g/mol. The fraction of sp³-hybridized carbons (Fsp3) is 0.448. The molecular weight excluding hydrogens is 468 g/mol. The highest BCUT2D eigenvalue weighted by molar-refractivity contribution is 7.13. The summed E-state index contributed by atoms with van der Waals surface area (Å²) in [6.07, 6.45) is 7.98. The second-order valence-corrected chi connectivity index (χ2v) is 11.1. The Labute approximate surface area is 216 Å². The first-order valence-corrected chi connectivity index (χ1v) is 14.1. The van der Waals surface area contributed by atoms with Crippen LogP contribution in [0.25, 0.3) is 21.1 Å². The van der Waals surface area contributed by atoms with Gasteiger partial charge in [-0.05, 0) is 74.3 Å². The van der Waals surface area contributed by atoms with Gasteiger partial charge < -0.3 is 14.6 Å². The smallest absolute Gasteiger partial charge is 0.224 e. The predicted molar refractivity (Wildman–Crippen MR) is 147 cm³/mol. The fourth-order valence-corrected chi connectivity index (χ4v) is 6.66. The summed E-state index contributed by atoms with van der Waals surface area (Å²) in [5.74, 6) is 2.05. The summed E-state index contributed by atoms with van der Waals surface area (Å²) in [6.45, 7) is 5.51. The summed E-state index contributed by atoms with van der Waals surface area (Å²) < 4.78 is 11.6. The van der Waals surface area contributed by atoms with E-state index >= 15 is 0 Å². The van der Waals surface area contributed by atoms with Crippen LogP contribution in [0.3, 0.4) is 0 Å². The van der Waals surface area contributed by atoms with Gasteiger partial charge in [0.05, 0.1) is 17.4 Å². The molecule has 4 aromatic rings. The van der Waals surface area contributed by atoms with Gasteiger partial charge in [0.25, 0.3) is 0 Å². The monoisotopic (exact) mass is 502 g/mol. The molecule has 0 atom stereocenters. The van der Waals surface area contributed by atoms with Crippen molar-refractivity contribution in [2.45, 2.75) is 44.6 Å². The lowest BCUT2D eigenvalue weighted by molar-refractivity contribution is -0.121. The fourth-order valence-electron chi connectivity index (χ4n) is 5.87. The molecule has 36 heavy (non-hydrogen) atoms. The highest BCUT2D eigenvalue weighted by atomic mass is 32.1. The maximum absolute atomic E-state index is 12.7. The Balaban J connectivity index is 0.911. The lowest BCUT2D eigenvalue weighted by Crippen LogP contribution is -2.47. The van der Waals surface area contributed by atoms with Gasteiger partial charge in [-0.3, -0.25) is 9.69 Å². The number of hydrogen-bond acceptors (Lipinski definition) is 6. The second kappa shape index (κ2) is 10.6. The zero-order valence-corrected chi connectivity index (χ0v) is 21.5. The van der Waals surface area contributed by atoms with Gasteiger partial charge in [-0.1, -0.05) is 30.3 Å². The Hall–Kier alpha value is -2.90. The third-order valence-corrected chi connectivity index (χ3v) is 8.82. The van der Waals surface area contributed by atoms with Gasteiger partial charge in [-0.15, -0.1) is 0 Å². The van der Waals surface area contributed by atoms with E-state index in [0.29, 0.717) is 12.5 Å². The molecule has 2 fully saturated rings. The van der Waals surface area contributed by atoms with Gasteiger partial charge in [-0.2, -0.15) is 4.37 Å². The molecule has 2 aliphatic rings. The van der Waals surface area contributed by atoms with Crippen LogP contribution in [-0.4, -0.2) is 53.9 Å². The maximum atomic E-state index is 12.7. The third kappa shape index (κ3) is 5.13. The van der Waals surface area contributed by atoms with Crippen LogP contribution in [0.15, 0.2) is 59.2 Å². The number of piperazine rings is 1. The van der Waals surface area contributed by atoms with Crippen molar-refractivity contribution in [3.8, 4) is 0 Å². The maximum Gasteiger partial charge on any atom is 0.224 e. The quantitative estimate of drug-likeness (QED) is 0.363. The van der Waals surface area contributed by atoms with Crippen LogP contribution in [0.5, 0.6) is 0 Å². The lowest BCUT2D eigenvalue weighted by atomic mass is 9.84. The molecule has 1 amide bonds. The van der Waals surface area contributed by atoms with Gasteiger partial charge >= 0.3 is 0 Å². The SMILES string of the molecule is O=C(Cc1coc2ccccc12)N[C@H]1CC[C@H](CCN2CCN(c3nsc4ccccc34)CC2)CC1. The lowest BCUT2D eigenvalue weighted by Gasteiger charge is -2.36. The van der Waals surface area contributed by atoms with Gasteiger partial charge in [0.1, 0.15) is 11.4 Å². The number of fused-ring (bicyclic) bond motifs is 2. The summed E-state index contributed by atoms with van der Waals surface area (Å²) in [5, 5.41) is 5.61. The average Bonchev–Trinajstić information content (AvgIpc) is 3.53. The van der Waals surface area contributed by atoms with E-state index in [2.05, 4.69) is 39.4 Å². The third-order valence-electron chi connectivity index (χ3n) is 8.01. The number of benzene rings is 2. The number of carbonyl (C=O) groups is 1. The Morgan fingerprint density at radius 1 is 0.972 bits per heavy atom. The molecule has 1 saturated heterocycles. The van der Waals surface area contributed by atoms with E-state index in [9.17, 15) is 4.79 Å². The number of amides is 1. The number of hydrogen-bond donors (Lipinski definition) is 1. The molecule has 1 aliphatic carbocycles. The molecule has 6 rings (SSSR count). The molecule has 2 aromatic heterocycles. The van der Waals surface area contributed by atoms with E-state index < -0.39 is 0 Å². The molecule has 3 heterocycles. The highest BCUT2D eigenvalue weighted by Crippen LogP contribution is 2.31. The molecule has 188 valence electrons. The van der Waals surface area contributed by atoms with Gasteiger partial charge in [0, 0.05) is 48.6 Å². The number of anilines is 1. The Kier molecular flexibility index (Phi) is 6.92. The Morgan fingerprint density at radius 2 is 1.72 bits per heavy atom. The Morgan fingerprint density at radius 3 is 2.56 bits per heavy atom. The minimum atomic E-state index is 0.107. The first-order valence-electron chi connectivity index (χ1n) is 13.3. The second-order valence-electron chi connectivity index (χ2n) is 10.3. The van der Waals surface area contributed by atoms with Crippen molar-refractivity contribution in [1.29, 1.82) is 0 Å². The molecule has 1 aliphatic heterocycles. The number of rotatable bonds is 7. The summed E-state index contributed by atoms with van der Waals surface area (Å²) in [4.78, 5) is 17.7. The van der Waals surface area contributed by atoms with Crippen molar-refractivity contribution in [2.75, 3.05) is 37.6 Å².